The summed E-state index contributed by atoms with van der Waals surface area (Å²) in [7, 11) is 2.10. The molecule has 2 atom stereocenters. The third-order valence-electron chi connectivity index (χ3n) is 3.15. The summed E-state index contributed by atoms with van der Waals surface area (Å²) in [4.78, 5) is 10.9. The van der Waals surface area contributed by atoms with E-state index in [0.29, 0.717) is 0 Å². The fourth-order valence-corrected chi connectivity index (χ4v) is 1.90. The fourth-order valence-electron chi connectivity index (χ4n) is 1.90. The normalized spacial score (nSPS) is 22.9. The molecule has 1 fully saturated rings. The first-order valence-corrected chi connectivity index (χ1v) is 5.98. The largest absolute Gasteiger partial charge is 0.359 e. The molecule has 4 heteroatoms. The highest BCUT2D eigenvalue weighted by molar-refractivity contribution is 5.41. The van der Waals surface area contributed by atoms with Crippen LogP contribution in [0.4, 0.5) is 11.8 Å². The molecule has 0 spiro atoms. The number of nitrogens with zero attached hydrogens (tertiary/aromatic N) is 3. The van der Waals surface area contributed by atoms with Gasteiger partial charge in [-0.05, 0) is 31.2 Å². The van der Waals surface area contributed by atoms with Crippen LogP contribution in [-0.2, 0) is 0 Å². The van der Waals surface area contributed by atoms with Crippen LogP contribution in [0.5, 0.6) is 0 Å². The molecule has 1 saturated carbocycles. The van der Waals surface area contributed by atoms with Crippen LogP contribution in [0.2, 0.25) is 0 Å². The van der Waals surface area contributed by atoms with E-state index < -0.39 is 0 Å². The number of rotatable bonds is 5. The molecule has 1 N–H and O–H groups in total. The molecule has 1 aliphatic rings. The highest BCUT2D eigenvalue weighted by Crippen LogP contribution is 2.38. The highest BCUT2D eigenvalue weighted by atomic mass is 15.2. The lowest BCUT2D eigenvalue weighted by molar-refractivity contribution is 0.719. The predicted molar refractivity (Wildman–Crippen MR) is 66.7 cm³/mol. The van der Waals surface area contributed by atoms with Crippen molar-refractivity contribution in [2.45, 2.75) is 20.3 Å². The standard InChI is InChI=1S/C12H20N4/c1-4-13-12-14-6-5-11(15-12)16(3)8-10-7-9(10)2/h5-6,9-10H,4,7-8H2,1-3H3,(H,13,14,15). The molecule has 2 rings (SSSR count). The molecule has 0 aliphatic heterocycles. The molecule has 1 aliphatic carbocycles. The molecule has 2 unspecified atom stereocenters. The van der Waals surface area contributed by atoms with Crippen molar-refractivity contribution in [3.8, 4) is 0 Å². The van der Waals surface area contributed by atoms with E-state index in [1.54, 1.807) is 0 Å². The molecule has 0 radical (unpaired) electrons. The monoisotopic (exact) mass is 220 g/mol. The number of hydrogen-bond donors (Lipinski definition) is 1. The number of aromatic nitrogens is 2. The Balaban J connectivity index is 1.98. The Hall–Kier alpha value is -1.32. The van der Waals surface area contributed by atoms with Crippen molar-refractivity contribution in [1.29, 1.82) is 0 Å². The average Bonchev–Trinajstić information content (AvgIpc) is 2.95. The Labute approximate surface area is 97.1 Å². The maximum absolute atomic E-state index is 4.47. The Morgan fingerprint density at radius 2 is 2.31 bits per heavy atom. The fraction of sp³-hybridized carbons (Fsp3) is 0.667. The van der Waals surface area contributed by atoms with Gasteiger partial charge in [-0.3, -0.25) is 0 Å². The zero-order valence-electron chi connectivity index (χ0n) is 10.3. The first-order chi connectivity index (χ1) is 7.70. The lowest BCUT2D eigenvalue weighted by Crippen LogP contribution is -2.22. The van der Waals surface area contributed by atoms with Gasteiger partial charge in [-0.2, -0.15) is 4.98 Å². The maximum atomic E-state index is 4.47. The van der Waals surface area contributed by atoms with E-state index in [0.717, 1.165) is 36.7 Å². The molecule has 88 valence electrons. The molecular weight excluding hydrogens is 200 g/mol. The van der Waals surface area contributed by atoms with E-state index in [4.69, 9.17) is 0 Å². The minimum atomic E-state index is 0.718. The second-order valence-corrected chi connectivity index (χ2v) is 4.62. The molecular formula is C12H20N4. The van der Waals surface area contributed by atoms with E-state index in [-0.39, 0.29) is 0 Å². The number of anilines is 2. The SMILES string of the molecule is CCNc1nccc(N(C)CC2CC2C)n1. The van der Waals surface area contributed by atoms with Crippen molar-refractivity contribution in [1.82, 2.24) is 9.97 Å². The lowest BCUT2D eigenvalue weighted by Gasteiger charge is -2.18. The van der Waals surface area contributed by atoms with E-state index in [2.05, 4.69) is 34.2 Å². The molecule has 0 aromatic carbocycles. The van der Waals surface area contributed by atoms with Gasteiger partial charge in [0.2, 0.25) is 5.95 Å². The van der Waals surface area contributed by atoms with Crippen LogP contribution in [0.25, 0.3) is 0 Å². The Kier molecular flexibility index (Phi) is 3.27. The average molecular weight is 220 g/mol. The molecule has 0 saturated heterocycles. The van der Waals surface area contributed by atoms with Gasteiger partial charge in [-0.1, -0.05) is 6.92 Å². The second kappa shape index (κ2) is 4.68. The van der Waals surface area contributed by atoms with Crippen LogP contribution >= 0.6 is 0 Å². The molecule has 1 aromatic rings. The van der Waals surface area contributed by atoms with Gasteiger partial charge in [-0.15, -0.1) is 0 Å². The summed E-state index contributed by atoms with van der Waals surface area (Å²) in [6.45, 7) is 6.31. The van der Waals surface area contributed by atoms with Crippen LogP contribution in [0.1, 0.15) is 20.3 Å². The third-order valence-corrected chi connectivity index (χ3v) is 3.15. The van der Waals surface area contributed by atoms with Crippen LogP contribution < -0.4 is 10.2 Å². The first-order valence-electron chi connectivity index (χ1n) is 5.98. The summed E-state index contributed by atoms with van der Waals surface area (Å²) in [6, 6.07) is 1.97. The van der Waals surface area contributed by atoms with Crippen LogP contribution in [0.3, 0.4) is 0 Å². The first kappa shape index (κ1) is 11.2. The van der Waals surface area contributed by atoms with Crippen LogP contribution in [-0.4, -0.2) is 30.1 Å². The smallest absolute Gasteiger partial charge is 0.224 e. The second-order valence-electron chi connectivity index (χ2n) is 4.62. The molecule has 0 bridgehead atoms. The maximum Gasteiger partial charge on any atom is 0.224 e. The van der Waals surface area contributed by atoms with Gasteiger partial charge in [-0.25, -0.2) is 4.98 Å². The zero-order chi connectivity index (χ0) is 11.5. The molecule has 1 aromatic heterocycles. The van der Waals surface area contributed by atoms with Gasteiger partial charge < -0.3 is 10.2 Å². The van der Waals surface area contributed by atoms with Crippen LogP contribution in [0, 0.1) is 11.8 Å². The van der Waals surface area contributed by atoms with Crippen molar-refractivity contribution in [3.63, 3.8) is 0 Å². The summed E-state index contributed by atoms with van der Waals surface area (Å²) >= 11 is 0. The van der Waals surface area contributed by atoms with E-state index in [1.807, 2.05) is 19.2 Å². The van der Waals surface area contributed by atoms with Crippen molar-refractivity contribution >= 4 is 11.8 Å². The van der Waals surface area contributed by atoms with E-state index >= 15 is 0 Å². The third kappa shape index (κ3) is 2.62. The van der Waals surface area contributed by atoms with Crippen molar-refractivity contribution in [2.24, 2.45) is 11.8 Å². The van der Waals surface area contributed by atoms with E-state index in [9.17, 15) is 0 Å². The molecule has 0 amide bonds. The topological polar surface area (TPSA) is 41.1 Å². The minimum absolute atomic E-state index is 0.718. The molecule has 1 heterocycles. The van der Waals surface area contributed by atoms with Gasteiger partial charge >= 0.3 is 0 Å². The Morgan fingerprint density at radius 1 is 1.56 bits per heavy atom. The highest BCUT2D eigenvalue weighted by Gasteiger charge is 2.33. The van der Waals surface area contributed by atoms with Crippen molar-refractivity contribution < 1.29 is 0 Å². The van der Waals surface area contributed by atoms with Gasteiger partial charge in [0.1, 0.15) is 5.82 Å². The predicted octanol–water partition coefficient (Wildman–Crippen LogP) is 2.00. The Morgan fingerprint density at radius 3 is 2.94 bits per heavy atom. The van der Waals surface area contributed by atoms with E-state index in [1.165, 1.54) is 6.42 Å². The molecule has 16 heavy (non-hydrogen) atoms. The van der Waals surface area contributed by atoms with Gasteiger partial charge in [0.25, 0.3) is 0 Å². The Bertz CT molecular complexity index is 353. The van der Waals surface area contributed by atoms with Gasteiger partial charge in [0.15, 0.2) is 0 Å². The summed E-state index contributed by atoms with van der Waals surface area (Å²) < 4.78 is 0. The summed E-state index contributed by atoms with van der Waals surface area (Å²) in [6.07, 6.45) is 3.17. The van der Waals surface area contributed by atoms with Gasteiger partial charge in [0, 0.05) is 26.3 Å². The number of nitrogens with one attached hydrogen (secondary N) is 1. The zero-order valence-corrected chi connectivity index (χ0v) is 10.3. The molecule has 4 nitrogen and oxygen atoms in total. The van der Waals surface area contributed by atoms with Crippen molar-refractivity contribution in [2.75, 3.05) is 30.4 Å². The number of hydrogen-bond acceptors (Lipinski definition) is 4. The van der Waals surface area contributed by atoms with Gasteiger partial charge in [0.05, 0.1) is 0 Å². The quantitative estimate of drug-likeness (QED) is 0.824. The lowest BCUT2D eigenvalue weighted by atomic mass is 10.3. The summed E-state index contributed by atoms with van der Waals surface area (Å²) in [5, 5.41) is 3.13. The summed E-state index contributed by atoms with van der Waals surface area (Å²) in [5.74, 6) is 3.46. The van der Waals surface area contributed by atoms with Crippen LogP contribution in [0.15, 0.2) is 12.3 Å². The summed E-state index contributed by atoms with van der Waals surface area (Å²) in [5.41, 5.74) is 0. The minimum Gasteiger partial charge on any atom is -0.359 e. The van der Waals surface area contributed by atoms with Crippen molar-refractivity contribution in [3.05, 3.63) is 12.3 Å².